The topological polar surface area (TPSA) is 108 Å². The second-order valence-corrected chi connectivity index (χ2v) is 5.74. The smallest absolute Gasteiger partial charge is 0.238 e. The number of furan rings is 1. The quantitative estimate of drug-likeness (QED) is 0.556. The summed E-state index contributed by atoms with van der Waals surface area (Å²) < 4.78 is 21.4. The number of nitrogens with zero attached hydrogens (tertiary/aromatic N) is 4. The SMILES string of the molecule is Cc1ccc(-c2nc(N)nc3c(Cc4cccc(N)c4)c(F)nn23)o1. The molecule has 4 N–H and O–H groups in total. The third kappa shape index (κ3) is 2.67. The first-order valence-electron chi connectivity index (χ1n) is 7.63. The van der Waals surface area contributed by atoms with Crippen LogP contribution in [0.2, 0.25) is 0 Å². The summed E-state index contributed by atoms with van der Waals surface area (Å²) in [7, 11) is 0. The summed E-state index contributed by atoms with van der Waals surface area (Å²) in [5.41, 5.74) is 13.7. The predicted octanol–water partition coefficient (Wildman–Crippen LogP) is 2.59. The summed E-state index contributed by atoms with van der Waals surface area (Å²) >= 11 is 0. The number of hydrogen-bond donors (Lipinski definition) is 2. The third-order valence-corrected chi connectivity index (χ3v) is 3.84. The van der Waals surface area contributed by atoms with Gasteiger partial charge >= 0.3 is 0 Å². The molecule has 1 aromatic carbocycles. The van der Waals surface area contributed by atoms with Gasteiger partial charge in [0, 0.05) is 12.1 Å². The van der Waals surface area contributed by atoms with Gasteiger partial charge in [0.1, 0.15) is 5.76 Å². The highest BCUT2D eigenvalue weighted by Crippen LogP contribution is 2.25. The maximum Gasteiger partial charge on any atom is 0.238 e. The largest absolute Gasteiger partial charge is 0.458 e. The summed E-state index contributed by atoms with van der Waals surface area (Å²) in [4.78, 5) is 8.31. The Morgan fingerprint density at radius 2 is 2.00 bits per heavy atom. The molecule has 0 fully saturated rings. The molecule has 0 bridgehead atoms. The summed E-state index contributed by atoms with van der Waals surface area (Å²) in [6.07, 6.45) is 0.285. The van der Waals surface area contributed by atoms with Crippen LogP contribution >= 0.6 is 0 Å². The Labute approximate surface area is 142 Å². The molecule has 0 atom stereocenters. The first-order valence-corrected chi connectivity index (χ1v) is 7.63. The number of hydrogen-bond acceptors (Lipinski definition) is 6. The lowest BCUT2D eigenvalue weighted by molar-refractivity contribution is 0.536. The molecule has 0 saturated carbocycles. The normalized spacial score (nSPS) is 11.3. The van der Waals surface area contributed by atoms with E-state index in [-0.39, 0.29) is 12.4 Å². The molecule has 8 heteroatoms. The van der Waals surface area contributed by atoms with Crippen molar-refractivity contribution in [2.24, 2.45) is 0 Å². The number of halogens is 1. The van der Waals surface area contributed by atoms with Crippen molar-refractivity contribution in [2.45, 2.75) is 13.3 Å². The fourth-order valence-electron chi connectivity index (χ4n) is 2.74. The minimum atomic E-state index is -0.633. The number of benzene rings is 1. The number of aromatic nitrogens is 4. The molecule has 4 aromatic rings. The molecule has 0 aliphatic heterocycles. The van der Waals surface area contributed by atoms with Gasteiger partial charge in [-0.3, -0.25) is 0 Å². The number of nitrogens with two attached hydrogens (primary N) is 2. The maximum absolute atomic E-state index is 14.5. The van der Waals surface area contributed by atoms with Gasteiger partial charge in [0.05, 0.1) is 5.56 Å². The molecule has 0 amide bonds. The lowest BCUT2D eigenvalue weighted by Crippen LogP contribution is -2.05. The van der Waals surface area contributed by atoms with Gasteiger partial charge in [-0.15, -0.1) is 5.10 Å². The van der Waals surface area contributed by atoms with Crippen LogP contribution in [0.1, 0.15) is 16.9 Å². The second-order valence-electron chi connectivity index (χ2n) is 5.74. The van der Waals surface area contributed by atoms with Crippen LogP contribution in [0, 0.1) is 12.9 Å². The van der Waals surface area contributed by atoms with E-state index in [0.717, 1.165) is 5.56 Å². The van der Waals surface area contributed by atoms with Gasteiger partial charge in [-0.2, -0.15) is 18.9 Å². The Bertz CT molecular complexity index is 1080. The number of rotatable bonds is 3. The monoisotopic (exact) mass is 338 g/mol. The van der Waals surface area contributed by atoms with Gasteiger partial charge in [0.15, 0.2) is 11.4 Å². The van der Waals surface area contributed by atoms with E-state index >= 15 is 0 Å². The molecule has 0 aliphatic rings. The Morgan fingerprint density at radius 3 is 2.72 bits per heavy atom. The fourth-order valence-corrected chi connectivity index (χ4v) is 2.74. The summed E-state index contributed by atoms with van der Waals surface area (Å²) in [6, 6.07) is 10.7. The lowest BCUT2D eigenvalue weighted by Gasteiger charge is -2.04. The highest BCUT2D eigenvalue weighted by molar-refractivity contribution is 5.60. The van der Waals surface area contributed by atoms with Gasteiger partial charge in [0.2, 0.25) is 17.7 Å². The molecule has 25 heavy (non-hydrogen) atoms. The zero-order valence-corrected chi connectivity index (χ0v) is 13.4. The maximum atomic E-state index is 14.5. The standard InChI is InChI=1S/C17H15FN6O/c1-9-5-6-13(25-9)16-22-17(20)21-15-12(14(18)23-24(15)16)8-10-3-2-4-11(19)7-10/h2-7H,8,19H2,1H3,(H2,20,21). The first-order chi connectivity index (χ1) is 12.0. The molecule has 0 unspecified atom stereocenters. The van der Waals surface area contributed by atoms with Crippen LogP contribution < -0.4 is 11.5 Å². The zero-order valence-electron chi connectivity index (χ0n) is 13.4. The van der Waals surface area contributed by atoms with Crippen molar-refractivity contribution in [3.63, 3.8) is 0 Å². The minimum absolute atomic E-state index is 0.0188. The molecule has 126 valence electrons. The van der Waals surface area contributed by atoms with Gasteiger partial charge in [-0.25, -0.2) is 0 Å². The van der Waals surface area contributed by atoms with Crippen molar-refractivity contribution in [2.75, 3.05) is 11.5 Å². The van der Waals surface area contributed by atoms with Crippen molar-refractivity contribution < 1.29 is 8.81 Å². The molecule has 3 aromatic heterocycles. The van der Waals surface area contributed by atoms with Crippen LogP contribution in [-0.2, 0) is 6.42 Å². The van der Waals surface area contributed by atoms with Crippen molar-refractivity contribution >= 4 is 17.3 Å². The van der Waals surface area contributed by atoms with E-state index < -0.39 is 5.95 Å². The molecule has 4 rings (SSSR count). The molecule has 0 radical (unpaired) electrons. The first kappa shape index (κ1) is 15.1. The van der Waals surface area contributed by atoms with E-state index in [9.17, 15) is 4.39 Å². The molecule has 3 heterocycles. The number of aryl methyl sites for hydroxylation is 1. The van der Waals surface area contributed by atoms with Crippen LogP contribution in [0.4, 0.5) is 16.0 Å². The predicted molar refractivity (Wildman–Crippen MR) is 91.3 cm³/mol. The van der Waals surface area contributed by atoms with Gasteiger partial charge in [-0.05, 0) is 36.8 Å². The van der Waals surface area contributed by atoms with Crippen molar-refractivity contribution in [1.82, 2.24) is 19.6 Å². The number of fused-ring (bicyclic) bond motifs is 1. The highest BCUT2D eigenvalue weighted by atomic mass is 19.1. The fraction of sp³-hybridized carbons (Fsp3) is 0.118. The molecule has 7 nitrogen and oxygen atoms in total. The molecular formula is C17H15FN6O. The Hall–Kier alpha value is -3.42. The van der Waals surface area contributed by atoms with E-state index in [4.69, 9.17) is 15.9 Å². The van der Waals surface area contributed by atoms with E-state index in [1.54, 1.807) is 31.2 Å². The Balaban J connectivity index is 1.89. The average molecular weight is 338 g/mol. The van der Waals surface area contributed by atoms with Gasteiger partial charge < -0.3 is 15.9 Å². The number of nitrogen functional groups attached to an aromatic ring is 2. The van der Waals surface area contributed by atoms with Crippen LogP contribution in [-0.4, -0.2) is 19.6 Å². The molecule has 0 spiro atoms. The van der Waals surface area contributed by atoms with E-state index in [2.05, 4.69) is 15.1 Å². The average Bonchev–Trinajstić information content (AvgIpc) is 3.12. The van der Waals surface area contributed by atoms with E-state index in [0.29, 0.717) is 34.2 Å². The van der Waals surface area contributed by atoms with Crippen LogP contribution in [0.5, 0.6) is 0 Å². The third-order valence-electron chi connectivity index (χ3n) is 3.84. The molecular weight excluding hydrogens is 323 g/mol. The van der Waals surface area contributed by atoms with Crippen LogP contribution in [0.15, 0.2) is 40.8 Å². The van der Waals surface area contributed by atoms with Gasteiger partial charge in [0.25, 0.3) is 0 Å². The van der Waals surface area contributed by atoms with Crippen LogP contribution in [0.25, 0.3) is 17.2 Å². The van der Waals surface area contributed by atoms with Crippen molar-refractivity contribution in [1.29, 1.82) is 0 Å². The van der Waals surface area contributed by atoms with Crippen molar-refractivity contribution in [3.8, 4) is 11.6 Å². The lowest BCUT2D eigenvalue weighted by atomic mass is 10.1. The molecule has 0 saturated heterocycles. The molecule has 0 aliphatic carbocycles. The Kier molecular flexibility index (Phi) is 3.38. The summed E-state index contributed by atoms with van der Waals surface area (Å²) in [6.45, 7) is 1.81. The van der Waals surface area contributed by atoms with E-state index in [1.807, 2.05) is 12.1 Å². The zero-order chi connectivity index (χ0) is 17.6. The van der Waals surface area contributed by atoms with E-state index in [1.165, 1.54) is 4.52 Å². The van der Waals surface area contributed by atoms with Crippen LogP contribution in [0.3, 0.4) is 0 Å². The Morgan fingerprint density at radius 1 is 1.16 bits per heavy atom. The summed E-state index contributed by atoms with van der Waals surface area (Å²) in [5, 5.41) is 3.94. The highest BCUT2D eigenvalue weighted by Gasteiger charge is 2.20. The second kappa shape index (κ2) is 5.59. The summed E-state index contributed by atoms with van der Waals surface area (Å²) in [5.74, 6) is 0.827. The number of anilines is 2. The van der Waals surface area contributed by atoms with Gasteiger partial charge in [-0.1, -0.05) is 12.1 Å². The minimum Gasteiger partial charge on any atom is -0.458 e. The van der Waals surface area contributed by atoms with Crippen molar-refractivity contribution in [3.05, 3.63) is 59.2 Å².